The molecule has 0 aliphatic heterocycles. The van der Waals surface area contributed by atoms with Crippen molar-refractivity contribution in [3.05, 3.63) is 28.0 Å². The first-order chi connectivity index (χ1) is 13.7. The summed E-state index contributed by atoms with van der Waals surface area (Å²) in [6, 6.07) is -0.0452. The van der Waals surface area contributed by atoms with E-state index in [1.807, 2.05) is 13.8 Å². The highest BCUT2D eigenvalue weighted by Crippen LogP contribution is 2.21. The highest BCUT2D eigenvalue weighted by molar-refractivity contribution is 6.03. The van der Waals surface area contributed by atoms with E-state index in [0.29, 0.717) is 6.54 Å². The molecule has 2 amide bonds. The number of amides is 2. The van der Waals surface area contributed by atoms with Gasteiger partial charge in [-0.1, -0.05) is 0 Å². The number of aryl methyl sites for hydroxylation is 1. The number of carbonyl (C=O) groups is 3. The van der Waals surface area contributed by atoms with Gasteiger partial charge in [-0.25, -0.2) is 9.78 Å². The Labute approximate surface area is 167 Å². The maximum atomic E-state index is 12.9. The first kappa shape index (κ1) is 22.1. The zero-order valence-electron chi connectivity index (χ0n) is 17.3. The van der Waals surface area contributed by atoms with Gasteiger partial charge in [0.15, 0.2) is 0 Å². The second-order valence-electron chi connectivity index (χ2n) is 6.74. The van der Waals surface area contributed by atoms with E-state index < -0.39 is 17.4 Å². The molecule has 0 saturated heterocycles. The van der Waals surface area contributed by atoms with Gasteiger partial charge in [-0.3, -0.25) is 19.0 Å². The normalized spacial score (nSPS) is 11.0. The maximum Gasteiger partial charge on any atom is 0.342 e. The van der Waals surface area contributed by atoms with Crippen LogP contribution < -0.4 is 10.9 Å². The summed E-state index contributed by atoms with van der Waals surface area (Å²) in [5.74, 6) is -1.18. The third-order valence-electron chi connectivity index (χ3n) is 4.16. The lowest BCUT2D eigenvalue weighted by atomic mass is 10.2. The molecule has 0 fully saturated rings. The number of rotatable bonds is 8. The number of fused-ring (bicyclic) bond motifs is 1. The molecule has 0 unspecified atom stereocenters. The van der Waals surface area contributed by atoms with Crippen LogP contribution in [-0.2, 0) is 20.9 Å². The fourth-order valence-electron chi connectivity index (χ4n) is 2.86. The smallest absolute Gasteiger partial charge is 0.342 e. The minimum Gasteiger partial charge on any atom is -0.462 e. The van der Waals surface area contributed by atoms with Crippen molar-refractivity contribution in [2.45, 2.75) is 47.2 Å². The van der Waals surface area contributed by atoms with E-state index in [1.54, 1.807) is 13.8 Å². The van der Waals surface area contributed by atoms with E-state index in [2.05, 4.69) is 10.3 Å². The quantitative estimate of drug-likeness (QED) is 0.645. The molecule has 158 valence electrons. The van der Waals surface area contributed by atoms with Gasteiger partial charge in [0.1, 0.15) is 29.6 Å². The minimum atomic E-state index is -0.688. The van der Waals surface area contributed by atoms with E-state index in [0.717, 1.165) is 4.57 Å². The number of furan rings is 1. The Hall–Kier alpha value is -3.17. The van der Waals surface area contributed by atoms with Crippen molar-refractivity contribution in [3.63, 3.8) is 0 Å². The van der Waals surface area contributed by atoms with Crippen LogP contribution in [0.4, 0.5) is 0 Å². The molecule has 0 spiro atoms. The monoisotopic (exact) mass is 406 g/mol. The summed E-state index contributed by atoms with van der Waals surface area (Å²) >= 11 is 0. The Kier molecular flexibility index (Phi) is 7.13. The van der Waals surface area contributed by atoms with Crippen molar-refractivity contribution >= 4 is 28.9 Å². The molecule has 0 aromatic carbocycles. The fourth-order valence-corrected chi connectivity index (χ4v) is 2.86. The van der Waals surface area contributed by atoms with E-state index in [1.165, 1.54) is 18.2 Å². The fraction of sp³-hybridized carbons (Fsp3) is 0.526. The van der Waals surface area contributed by atoms with Crippen LogP contribution in [0.5, 0.6) is 0 Å². The second kappa shape index (κ2) is 9.35. The standard InChI is InChI=1S/C19H26N4O6/c1-6-22(8-13(24)21-11(3)4)14(25)9-23-10-20-17-16(18(23)26)15(12(5)29-17)19(27)28-7-2/h10-11H,6-9H2,1-5H3,(H,21,24). The molecule has 2 rings (SSSR count). The van der Waals surface area contributed by atoms with E-state index >= 15 is 0 Å². The molecule has 0 radical (unpaired) electrons. The van der Waals surface area contributed by atoms with Gasteiger partial charge in [0.2, 0.25) is 17.5 Å². The predicted octanol–water partition coefficient (Wildman–Crippen LogP) is 0.848. The first-order valence-electron chi connectivity index (χ1n) is 9.42. The summed E-state index contributed by atoms with van der Waals surface area (Å²) in [7, 11) is 0. The summed E-state index contributed by atoms with van der Waals surface area (Å²) in [5.41, 5.74) is -0.585. The number of ether oxygens (including phenoxy) is 1. The van der Waals surface area contributed by atoms with Crippen LogP contribution in [0.2, 0.25) is 0 Å². The molecule has 0 atom stereocenters. The highest BCUT2D eigenvalue weighted by atomic mass is 16.5. The number of esters is 1. The lowest BCUT2D eigenvalue weighted by Crippen LogP contribution is -2.44. The Bertz CT molecular complexity index is 975. The van der Waals surface area contributed by atoms with Gasteiger partial charge in [0.25, 0.3) is 5.56 Å². The lowest BCUT2D eigenvalue weighted by Gasteiger charge is -2.21. The molecule has 1 N–H and O–H groups in total. The zero-order chi connectivity index (χ0) is 21.7. The third kappa shape index (κ3) is 5.01. The molecule has 2 heterocycles. The van der Waals surface area contributed by atoms with Crippen LogP contribution in [0.15, 0.2) is 15.5 Å². The van der Waals surface area contributed by atoms with E-state index in [-0.39, 0.29) is 54.1 Å². The zero-order valence-corrected chi connectivity index (χ0v) is 17.3. The maximum absolute atomic E-state index is 12.9. The molecule has 0 bridgehead atoms. The van der Waals surface area contributed by atoms with Gasteiger partial charge < -0.3 is 19.4 Å². The second-order valence-corrected chi connectivity index (χ2v) is 6.74. The molecule has 0 aliphatic carbocycles. The molecule has 29 heavy (non-hydrogen) atoms. The van der Waals surface area contributed by atoms with Crippen molar-refractivity contribution < 1.29 is 23.5 Å². The lowest BCUT2D eigenvalue weighted by molar-refractivity contribution is -0.136. The van der Waals surface area contributed by atoms with Crippen LogP contribution in [0.25, 0.3) is 11.1 Å². The molecule has 0 aliphatic rings. The van der Waals surface area contributed by atoms with Crippen LogP contribution in [0.3, 0.4) is 0 Å². The van der Waals surface area contributed by atoms with Crippen molar-refractivity contribution in [2.24, 2.45) is 0 Å². The number of carbonyl (C=O) groups excluding carboxylic acids is 3. The summed E-state index contributed by atoms with van der Waals surface area (Å²) in [4.78, 5) is 55.1. The largest absolute Gasteiger partial charge is 0.462 e. The van der Waals surface area contributed by atoms with Crippen LogP contribution in [0, 0.1) is 6.92 Å². The van der Waals surface area contributed by atoms with Gasteiger partial charge >= 0.3 is 5.97 Å². The van der Waals surface area contributed by atoms with Crippen LogP contribution in [-0.4, -0.2) is 58.0 Å². The Morgan fingerprint density at radius 3 is 2.59 bits per heavy atom. The molecule has 0 saturated carbocycles. The van der Waals surface area contributed by atoms with Gasteiger partial charge in [0, 0.05) is 12.6 Å². The average molecular weight is 406 g/mol. The van der Waals surface area contributed by atoms with Crippen LogP contribution >= 0.6 is 0 Å². The number of nitrogens with zero attached hydrogens (tertiary/aromatic N) is 3. The summed E-state index contributed by atoms with van der Waals surface area (Å²) < 4.78 is 11.5. The van der Waals surface area contributed by atoms with Crippen molar-refractivity contribution in [2.75, 3.05) is 19.7 Å². The first-order valence-corrected chi connectivity index (χ1v) is 9.42. The summed E-state index contributed by atoms with van der Waals surface area (Å²) in [6.07, 6.45) is 1.18. The minimum absolute atomic E-state index is 0.00270. The van der Waals surface area contributed by atoms with Gasteiger partial charge in [-0.2, -0.15) is 0 Å². The van der Waals surface area contributed by atoms with Gasteiger partial charge in [-0.15, -0.1) is 0 Å². The van der Waals surface area contributed by atoms with Crippen LogP contribution in [0.1, 0.15) is 43.8 Å². The van der Waals surface area contributed by atoms with Gasteiger partial charge in [-0.05, 0) is 34.6 Å². The summed E-state index contributed by atoms with van der Waals surface area (Å²) in [6.45, 7) is 8.58. The summed E-state index contributed by atoms with van der Waals surface area (Å²) in [5, 5.41) is 2.69. The average Bonchev–Trinajstić information content (AvgIpc) is 2.98. The Balaban J connectivity index is 2.32. The topological polar surface area (TPSA) is 124 Å². The molecule has 2 aromatic rings. The van der Waals surface area contributed by atoms with E-state index in [9.17, 15) is 19.2 Å². The SMILES string of the molecule is CCOC(=O)c1c(C)oc2ncn(CC(=O)N(CC)CC(=O)NC(C)C)c(=O)c12. The molecule has 2 aromatic heterocycles. The number of hydrogen-bond acceptors (Lipinski definition) is 7. The van der Waals surface area contributed by atoms with Gasteiger partial charge in [0.05, 0.1) is 13.2 Å². The Morgan fingerprint density at radius 2 is 2.00 bits per heavy atom. The molecular weight excluding hydrogens is 380 g/mol. The van der Waals surface area contributed by atoms with Crippen molar-refractivity contribution in [3.8, 4) is 0 Å². The number of hydrogen-bond donors (Lipinski definition) is 1. The number of nitrogens with one attached hydrogen (secondary N) is 1. The molecule has 10 nitrogen and oxygen atoms in total. The number of aromatic nitrogens is 2. The Morgan fingerprint density at radius 1 is 1.31 bits per heavy atom. The van der Waals surface area contributed by atoms with E-state index in [4.69, 9.17) is 9.15 Å². The third-order valence-corrected chi connectivity index (χ3v) is 4.16. The van der Waals surface area contributed by atoms with Crippen molar-refractivity contribution in [1.29, 1.82) is 0 Å². The molecular formula is C19H26N4O6. The highest BCUT2D eigenvalue weighted by Gasteiger charge is 2.25. The molecule has 10 heteroatoms. The number of likely N-dealkylation sites (N-methyl/N-ethyl adjacent to an activating group) is 1. The van der Waals surface area contributed by atoms with Crippen molar-refractivity contribution in [1.82, 2.24) is 19.8 Å². The predicted molar refractivity (Wildman–Crippen MR) is 104 cm³/mol.